The lowest BCUT2D eigenvalue weighted by molar-refractivity contribution is 0.00297. The molecular weight excluding hydrogens is 248 g/mol. The van der Waals surface area contributed by atoms with Crippen LogP contribution in [0.2, 0.25) is 0 Å². The van der Waals surface area contributed by atoms with Gasteiger partial charge in [0.15, 0.2) is 0 Å². The second-order valence-corrected chi connectivity index (χ2v) is 5.03. The molecule has 0 aliphatic heterocycles. The summed E-state index contributed by atoms with van der Waals surface area (Å²) in [5.41, 5.74) is 1.55. The number of nitrogens with one attached hydrogen (secondary N) is 1. The molecule has 0 radical (unpaired) electrons. The Morgan fingerprint density at radius 3 is 2.59 bits per heavy atom. The third-order valence-corrected chi connectivity index (χ3v) is 2.21. The van der Waals surface area contributed by atoms with Crippen LogP contribution in [0, 0.1) is 0 Å². The maximum absolute atomic E-state index is 11.1. The number of carboxylic acid groups (broad SMARTS) is 1. The van der Waals surface area contributed by atoms with Gasteiger partial charge in [-0.15, -0.1) is 0 Å². The number of aromatic carboxylic acids is 1. The predicted molar refractivity (Wildman–Crippen MR) is 60.0 cm³/mol. The Morgan fingerprint density at radius 1 is 1.47 bits per heavy atom. The van der Waals surface area contributed by atoms with E-state index in [1.54, 1.807) is 20.8 Å². The fraction of sp³-hybridized carbons (Fsp3) is 0.444. The number of rotatable bonds is 3. The zero-order valence-corrected chi connectivity index (χ0v) is 10.3. The number of carbonyl (C=O) groups excluding carboxylic acids is 1. The fourth-order valence-electron chi connectivity index (χ4n) is 0.776. The highest BCUT2D eigenvalue weighted by molar-refractivity contribution is 7.17. The second kappa shape index (κ2) is 5.00. The minimum Gasteiger partial charge on any atom is -0.477 e. The number of ether oxygens (including phenoxy) is 1. The fourth-order valence-corrected chi connectivity index (χ4v) is 1.37. The summed E-state index contributed by atoms with van der Waals surface area (Å²) < 4.78 is 4.85. The summed E-state index contributed by atoms with van der Waals surface area (Å²) in [5.74, 6) is -1.09. The van der Waals surface area contributed by atoms with Crippen molar-refractivity contribution in [3.63, 3.8) is 0 Å². The van der Waals surface area contributed by atoms with Gasteiger partial charge in [0.2, 0.25) is 5.13 Å². The molecule has 0 aromatic carbocycles. The van der Waals surface area contributed by atoms with Crippen molar-refractivity contribution < 1.29 is 24.3 Å². The van der Waals surface area contributed by atoms with Gasteiger partial charge in [0.25, 0.3) is 0 Å². The van der Waals surface area contributed by atoms with Gasteiger partial charge in [-0.25, -0.2) is 14.6 Å². The van der Waals surface area contributed by atoms with Crippen molar-refractivity contribution in [2.45, 2.75) is 26.4 Å². The Balaban J connectivity index is 2.45. The Labute approximate surface area is 101 Å². The molecule has 1 heterocycles. The smallest absolute Gasteiger partial charge is 0.477 e. The van der Waals surface area contributed by atoms with E-state index in [0.29, 0.717) is 0 Å². The standard InChI is InChI=1S/C9H12N2O5S/c1-9(2,3)15-8(14)16-11-7-10-4-5(17-7)6(12)13/h4H,1-3H3,(H,10,11)(H,12,13). The van der Waals surface area contributed by atoms with Crippen LogP contribution >= 0.6 is 11.3 Å². The largest absolute Gasteiger partial charge is 0.533 e. The third kappa shape index (κ3) is 4.68. The topological polar surface area (TPSA) is 97.8 Å². The number of hydrogen-bond acceptors (Lipinski definition) is 7. The molecule has 0 amide bonds. The Hall–Kier alpha value is -1.83. The summed E-state index contributed by atoms with van der Waals surface area (Å²) in [5, 5.41) is 8.80. The number of carbonyl (C=O) groups is 2. The van der Waals surface area contributed by atoms with Gasteiger partial charge in [-0.3, -0.25) is 0 Å². The van der Waals surface area contributed by atoms with Crippen molar-refractivity contribution in [2.75, 3.05) is 5.48 Å². The van der Waals surface area contributed by atoms with Gasteiger partial charge in [0.1, 0.15) is 10.5 Å². The molecule has 0 saturated heterocycles. The maximum atomic E-state index is 11.1. The van der Waals surface area contributed by atoms with Crippen molar-refractivity contribution >= 4 is 28.6 Å². The number of hydrogen-bond donors (Lipinski definition) is 2. The van der Waals surface area contributed by atoms with Crippen LogP contribution < -0.4 is 5.48 Å². The summed E-state index contributed by atoms with van der Waals surface area (Å²) in [7, 11) is 0. The van der Waals surface area contributed by atoms with E-state index in [2.05, 4.69) is 15.3 Å². The summed E-state index contributed by atoms with van der Waals surface area (Å²) in [4.78, 5) is 30.0. The molecule has 7 nitrogen and oxygen atoms in total. The first-order valence-electron chi connectivity index (χ1n) is 4.63. The molecule has 8 heteroatoms. The van der Waals surface area contributed by atoms with E-state index in [9.17, 15) is 9.59 Å². The van der Waals surface area contributed by atoms with Gasteiger partial charge in [-0.1, -0.05) is 11.3 Å². The van der Waals surface area contributed by atoms with Crippen LogP contribution in [-0.2, 0) is 9.57 Å². The van der Waals surface area contributed by atoms with Crippen molar-refractivity contribution in [3.05, 3.63) is 11.1 Å². The van der Waals surface area contributed by atoms with Gasteiger partial charge in [0, 0.05) is 0 Å². The molecule has 0 aliphatic carbocycles. The van der Waals surface area contributed by atoms with Gasteiger partial charge in [-0.05, 0) is 20.8 Å². The number of nitrogens with zero attached hydrogens (tertiary/aromatic N) is 1. The SMILES string of the molecule is CC(C)(C)OC(=O)ONc1ncc(C(=O)O)s1. The molecule has 2 N–H and O–H groups in total. The first-order chi connectivity index (χ1) is 7.78. The van der Waals surface area contributed by atoms with E-state index in [1.165, 1.54) is 0 Å². The van der Waals surface area contributed by atoms with E-state index in [4.69, 9.17) is 9.84 Å². The molecule has 0 fully saturated rings. The zero-order chi connectivity index (χ0) is 13.1. The van der Waals surface area contributed by atoms with Crippen LogP contribution in [0.5, 0.6) is 0 Å². The molecule has 0 aliphatic rings. The van der Waals surface area contributed by atoms with E-state index in [0.717, 1.165) is 17.5 Å². The zero-order valence-electron chi connectivity index (χ0n) is 9.51. The summed E-state index contributed by atoms with van der Waals surface area (Å²) in [6.07, 6.45) is 0.248. The van der Waals surface area contributed by atoms with E-state index >= 15 is 0 Å². The maximum Gasteiger partial charge on any atom is 0.533 e. The number of thiazole rings is 1. The molecule has 0 bridgehead atoms. The molecular formula is C9H12N2O5S. The summed E-state index contributed by atoms with van der Waals surface area (Å²) in [6.45, 7) is 5.08. The Bertz CT molecular complexity index is 423. The van der Waals surface area contributed by atoms with Crippen LogP contribution in [0.1, 0.15) is 30.4 Å². The van der Waals surface area contributed by atoms with Crippen LogP contribution in [0.4, 0.5) is 9.93 Å². The predicted octanol–water partition coefficient (Wildman–Crippen LogP) is 2.12. The third-order valence-electron chi connectivity index (χ3n) is 1.33. The Morgan fingerprint density at radius 2 is 2.12 bits per heavy atom. The van der Waals surface area contributed by atoms with Crippen molar-refractivity contribution in [3.8, 4) is 0 Å². The molecule has 1 rings (SSSR count). The molecule has 0 spiro atoms. The van der Waals surface area contributed by atoms with Gasteiger partial charge >= 0.3 is 12.1 Å². The highest BCUT2D eigenvalue weighted by atomic mass is 32.1. The Kier molecular flexibility index (Phi) is 3.89. The molecule has 0 atom stereocenters. The second-order valence-electron chi connectivity index (χ2n) is 4.00. The highest BCUT2D eigenvalue weighted by Gasteiger charge is 2.18. The quantitative estimate of drug-likeness (QED) is 0.634. The average Bonchev–Trinajstić information content (AvgIpc) is 2.60. The van der Waals surface area contributed by atoms with Crippen molar-refractivity contribution in [2.24, 2.45) is 0 Å². The molecule has 17 heavy (non-hydrogen) atoms. The monoisotopic (exact) mass is 260 g/mol. The van der Waals surface area contributed by atoms with Crippen molar-refractivity contribution in [1.29, 1.82) is 0 Å². The number of anilines is 1. The molecule has 0 saturated carbocycles. The van der Waals surface area contributed by atoms with Gasteiger partial charge < -0.3 is 14.7 Å². The van der Waals surface area contributed by atoms with Gasteiger partial charge in [0.05, 0.1) is 6.20 Å². The summed E-state index contributed by atoms with van der Waals surface area (Å²) in [6, 6.07) is 0. The number of aromatic nitrogens is 1. The van der Waals surface area contributed by atoms with E-state index < -0.39 is 17.7 Å². The van der Waals surface area contributed by atoms with Gasteiger partial charge in [-0.2, -0.15) is 5.48 Å². The minimum absolute atomic E-state index is 0.0419. The minimum atomic E-state index is -1.09. The van der Waals surface area contributed by atoms with E-state index in [-0.39, 0.29) is 10.0 Å². The molecule has 0 unspecified atom stereocenters. The normalized spacial score (nSPS) is 10.8. The van der Waals surface area contributed by atoms with Crippen molar-refractivity contribution in [1.82, 2.24) is 4.98 Å². The van der Waals surface area contributed by atoms with E-state index in [1.807, 2.05) is 0 Å². The molecule has 94 valence electrons. The van der Waals surface area contributed by atoms with Crippen LogP contribution in [0.15, 0.2) is 6.20 Å². The number of carboxylic acids is 1. The highest BCUT2D eigenvalue weighted by Crippen LogP contribution is 2.18. The average molecular weight is 260 g/mol. The lowest BCUT2D eigenvalue weighted by atomic mass is 10.2. The first kappa shape index (κ1) is 13.2. The van der Waals surface area contributed by atoms with Crippen LogP contribution in [0.25, 0.3) is 0 Å². The van der Waals surface area contributed by atoms with Crippen LogP contribution in [0.3, 0.4) is 0 Å². The molecule has 1 aromatic heterocycles. The summed E-state index contributed by atoms with van der Waals surface area (Å²) >= 11 is 0.846. The lowest BCUT2D eigenvalue weighted by Gasteiger charge is -2.18. The van der Waals surface area contributed by atoms with Crippen LogP contribution in [-0.4, -0.2) is 27.8 Å². The first-order valence-corrected chi connectivity index (χ1v) is 5.44. The molecule has 1 aromatic rings. The lowest BCUT2D eigenvalue weighted by Crippen LogP contribution is -2.25.